The van der Waals surface area contributed by atoms with Gasteiger partial charge in [0.15, 0.2) is 17.4 Å². The number of anilines is 3. The number of Topliss-reactive ketones (excluding diaryl/α,β-unsaturated/α-hetero) is 1. The van der Waals surface area contributed by atoms with Crippen LogP contribution >= 0.6 is 15.9 Å². The van der Waals surface area contributed by atoms with Crippen molar-refractivity contribution in [3.8, 4) is 0 Å². The van der Waals surface area contributed by atoms with Crippen LogP contribution in [-0.2, 0) is 0 Å². The van der Waals surface area contributed by atoms with Gasteiger partial charge in [-0.15, -0.1) is 0 Å². The van der Waals surface area contributed by atoms with Crippen LogP contribution in [0.5, 0.6) is 0 Å². The zero-order valence-corrected chi connectivity index (χ0v) is 16.1. The van der Waals surface area contributed by atoms with Gasteiger partial charge in [-0.25, -0.2) is 4.99 Å². The first-order valence-electron chi connectivity index (χ1n) is 8.70. The van der Waals surface area contributed by atoms with Gasteiger partial charge in [-0.2, -0.15) is 9.97 Å². The number of ketones is 1. The molecule has 28 heavy (non-hydrogen) atoms. The summed E-state index contributed by atoms with van der Waals surface area (Å²) >= 11 is 3.46. The van der Waals surface area contributed by atoms with Crippen molar-refractivity contribution < 1.29 is 4.79 Å². The molecule has 3 aromatic rings. The van der Waals surface area contributed by atoms with Crippen molar-refractivity contribution in [2.75, 3.05) is 16.8 Å². The number of benzene rings is 2. The Labute approximate surface area is 169 Å². The molecule has 5 rings (SSSR count). The molecule has 2 heterocycles. The second-order valence-electron chi connectivity index (χ2n) is 6.72. The van der Waals surface area contributed by atoms with Crippen molar-refractivity contribution in [1.82, 2.24) is 9.97 Å². The average molecular weight is 435 g/mol. The molecule has 5 N–H and O–H groups in total. The number of hydrogen-bond acceptors (Lipinski definition) is 7. The Morgan fingerprint density at radius 2 is 1.68 bits per heavy atom. The molecule has 0 saturated carbocycles. The van der Waals surface area contributed by atoms with Crippen LogP contribution in [0.4, 0.5) is 23.3 Å². The van der Waals surface area contributed by atoms with Gasteiger partial charge in [-0.1, -0.05) is 52.3 Å². The number of carbonyl (C=O) groups is 1. The predicted molar refractivity (Wildman–Crippen MR) is 112 cm³/mol. The Morgan fingerprint density at radius 3 is 2.43 bits per heavy atom. The topological polar surface area (TPSA) is 119 Å². The molecule has 0 fully saturated rings. The van der Waals surface area contributed by atoms with E-state index in [4.69, 9.17) is 16.5 Å². The lowest BCUT2D eigenvalue weighted by molar-refractivity contribution is 0.0952. The number of rotatable bonds is 1. The van der Waals surface area contributed by atoms with E-state index in [0.717, 1.165) is 15.6 Å². The number of carbonyl (C=O) groups excluding carboxylic acids is 1. The third kappa shape index (κ3) is 2.49. The molecule has 0 saturated heterocycles. The minimum absolute atomic E-state index is 0.0158. The van der Waals surface area contributed by atoms with E-state index in [2.05, 4.69) is 31.2 Å². The van der Waals surface area contributed by atoms with Gasteiger partial charge in [0, 0.05) is 15.6 Å². The summed E-state index contributed by atoms with van der Waals surface area (Å²) in [6.07, 6.45) is 0. The molecule has 1 aliphatic carbocycles. The molecular weight excluding hydrogens is 420 g/mol. The Bertz CT molecular complexity index is 1160. The van der Waals surface area contributed by atoms with Crippen LogP contribution in [0, 0.1) is 5.92 Å². The molecule has 0 bridgehead atoms. The van der Waals surface area contributed by atoms with Crippen LogP contribution in [0.1, 0.15) is 27.5 Å². The maximum absolute atomic E-state index is 13.3. The first-order valence-corrected chi connectivity index (χ1v) is 9.49. The second kappa shape index (κ2) is 6.13. The monoisotopic (exact) mass is 434 g/mol. The molecule has 2 aromatic carbocycles. The zero-order chi connectivity index (χ0) is 19.4. The number of nitrogens with one attached hydrogen (secondary N) is 1. The fourth-order valence-electron chi connectivity index (χ4n) is 3.82. The fourth-order valence-corrected chi connectivity index (χ4v) is 4.09. The van der Waals surface area contributed by atoms with E-state index in [-0.39, 0.29) is 23.6 Å². The van der Waals surface area contributed by atoms with E-state index in [1.54, 1.807) is 0 Å². The van der Waals surface area contributed by atoms with E-state index in [1.165, 1.54) is 0 Å². The Kier molecular flexibility index (Phi) is 3.70. The average Bonchev–Trinajstić information content (AvgIpc) is 2.84. The quantitative estimate of drug-likeness (QED) is 0.538. The molecule has 2 atom stereocenters. The number of aromatic nitrogens is 2. The molecule has 138 valence electrons. The third-order valence-electron chi connectivity index (χ3n) is 5.07. The van der Waals surface area contributed by atoms with Crippen molar-refractivity contribution in [3.63, 3.8) is 0 Å². The highest BCUT2D eigenvalue weighted by atomic mass is 79.9. The number of nitrogens with two attached hydrogens (primary N) is 2. The summed E-state index contributed by atoms with van der Waals surface area (Å²) in [5.74, 6) is 0.0953. The Morgan fingerprint density at radius 1 is 0.964 bits per heavy atom. The molecule has 2 unspecified atom stereocenters. The second-order valence-corrected chi connectivity index (χ2v) is 7.64. The summed E-state index contributed by atoms with van der Waals surface area (Å²) in [7, 11) is 0. The van der Waals surface area contributed by atoms with Crippen LogP contribution in [-0.4, -0.2) is 21.5 Å². The minimum atomic E-state index is -0.506. The molecule has 2 aliphatic rings. The van der Waals surface area contributed by atoms with Gasteiger partial charge in [0.2, 0.25) is 5.95 Å². The lowest BCUT2D eigenvalue weighted by Gasteiger charge is -2.24. The molecular formula is C20H15BrN6O. The maximum atomic E-state index is 13.3. The summed E-state index contributed by atoms with van der Waals surface area (Å²) in [5.41, 5.74) is 15.4. The first kappa shape index (κ1) is 16.9. The standard InChI is InChI=1S/C20H15BrN6O/c21-10-7-5-9(6-8-10)14-13-15(11-3-1-2-4-12(11)17(13)28)25-19-16(24-14)18(22)26-20(23)27-19/h1-8,13-14,24H,(H4,22,23,26,27). The Hall–Kier alpha value is -3.26. The summed E-state index contributed by atoms with van der Waals surface area (Å²) < 4.78 is 0.954. The van der Waals surface area contributed by atoms with Crippen molar-refractivity contribution in [3.05, 3.63) is 69.7 Å². The van der Waals surface area contributed by atoms with Gasteiger partial charge in [0.05, 0.1) is 17.7 Å². The largest absolute Gasteiger partial charge is 0.382 e. The SMILES string of the molecule is Nc1nc(N)c2c(n1)N=C1c3ccccc3C(=O)C1C(c1ccc(Br)cc1)N2. The fraction of sp³-hybridized carbons (Fsp3) is 0.100. The molecule has 0 radical (unpaired) electrons. The summed E-state index contributed by atoms with van der Waals surface area (Å²) in [6, 6.07) is 14.9. The highest BCUT2D eigenvalue weighted by Crippen LogP contribution is 2.44. The van der Waals surface area contributed by atoms with Crippen LogP contribution in [0.2, 0.25) is 0 Å². The lowest BCUT2D eigenvalue weighted by Crippen LogP contribution is -2.28. The van der Waals surface area contributed by atoms with Crippen molar-refractivity contribution in [2.45, 2.75) is 6.04 Å². The molecule has 1 aliphatic heterocycles. The third-order valence-corrected chi connectivity index (χ3v) is 5.60. The van der Waals surface area contributed by atoms with Crippen molar-refractivity contribution in [2.24, 2.45) is 10.9 Å². The molecule has 0 amide bonds. The van der Waals surface area contributed by atoms with Gasteiger partial charge in [0.1, 0.15) is 5.69 Å². The molecule has 7 nitrogen and oxygen atoms in total. The number of fused-ring (bicyclic) bond motifs is 4. The van der Waals surface area contributed by atoms with E-state index < -0.39 is 5.92 Å². The first-order chi connectivity index (χ1) is 13.5. The van der Waals surface area contributed by atoms with Crippen molar-refractivity contribution in [1.29, 1.82) is 0 Å². The highest BCUT2D eigenvalue weighted by Gasteiger charge is 2.44. The molecule has 1 aromatic heterocycles. The number of hydrogen-bond donors (Lipinski definition) is 3. The highest BCUT2D eigenvalue weighted by molar-refractivity contribution is 9.10. The predicted octanol–water partition coefficient (Wildman–Crippen LogP) is 3.50. The van der Waals surface area contributed by atoms with Gasteiger partial charge >= 0.3 is 0 Å². The minimum Gasteiger partial charge on any atom is -0.382 e. The summed E-state index contributed by atoms with van der Waals surface area (Å²) in [4.78, 5) is 26.3. The van der Waals surface area contributed by atoms with E-state index in [0.29, 0.717) is 22.8 Å². The van der Waals surface area contributed by atoms with E-state index >= 15 is 0 Å². The zero-order valence-electron chi connectivity index (χ0n) is 14.6. The Balaban J connectivity index is 1.78. The van der Waals surface area contributed by atoms with Gasteiger partial charge in [0.25, 0.3) is 0 Å². The lowest BCUT2D eigenvalue weighted by atomic mass is 9.88. The smallest absolute Gasteiger partial charge is 0.224 e. The van der Waals surface area contributed by atoms with Crippen LogP contribution < -0.4 is 16.8 Å². The normalized spacial score (nSPS) is 19.8. The van der Waals surface area contributed by atoms with Gasteiger partial charge in [-0.05, 0) is 17.7 Å². The van der Waals surface area contributed by atoms with E-state index in [1.807, 2.05) is 48.5 Å². The van der Waals surface area contributed by atoms with Crippen molar-refractivity contribution >= 4 is 50.7 Å². The summed E-state index contributed by atoms with van der Waals surface area (Å²) in [6.45, 7) is 0. The molecule has 0 spiro atoms. The van der Waals surface area contributed by atoms with Crippen LogP contribution in [0.3, 0.4) is 0 Å². The summed E-state index contributed by atoms with van der Waals surface area (Å²) in [5, 5.41) is 3.37. The number of nitrogen functional groups attached to an aromatic ring is 2. The number of halogens is 1. The van der Waals surface area contributed by atoms with Gasteiger partial charge in [-0.3, -0.25) is 4.79 Å². The van der Waals surface area contributed by atoms with Crippen LogP contribution in [0.25, 0.3) is 0 Å². The van der Waals surface area contributed by atoms with Gasteiger partial charge < -0.3 is 16.8 Å². The molecule has 8 heteroatoms. The maximum Gasteiger partial charge on any atom is 0.224 e. The number of aliphatic imine (C=N–C) groups is 1. The van der Waals surface area contributed by atoms with Crippen LogP contribution in [0.15, 0.2) is 58.0 Å². The van der Waals surface area contributed by atoms with E-state index in [9.17, 15) is 4.79 Å². The number of nitrogens with zero attached hydrogens (tertiary/aromatic N) is 3.